The van der Waals surface area contributed by atoms with Crippen LogP contribution >= 0.6 is 15.9 Å². The predicted octanol–water partition coefficient (Wildman–Crippen LogP) is 4.16. The number of aromatic hydroxyl groups is 1. The maximum absolute atomic E-state index is 14.4. The van der Waals surface area contributed by atoms with E-state index in [0.717, 1.165) is 12.7 Å². The molecule has 2 aliphatic carbocycles. The molecular formula is C30H27BrN2O8. The Labute approximate surface area is 244 Å². The maximum atomic E-state index is 14.4. The number of methoxy groups -OCH3 is 2. The average Bonchev–Trinajstić information content (AvgIpc) is 3.34. The Hall–Kier alpha value is -3.99. The number of halogens is 1. The van der Waals surface area contributed by atoms with Crippen molar-refractivity contribution in [3.63, 3.8) is 0 Å². The van der Waals surface area contributed by atoms with Crippen molar-refractivity contribution in [3.05, 3.63) is 64.1 Å². The van der Waals surface area contributed by atoms with Crippen molar-refractivity contribution in [2.45, 2.75) is 25.7 Å². The first-order valence-corrected chi connectivity index (χ1v) is 14.0. The molecule has 0 aromatic heterocycles. The Morgan fingerprint density at radius 1 is 1.02 bits per heavy atom. The molecule has 0 bridgehead atoms. The molecule has 2 aliphatic heterocycles. The first-order chi connectivity index (χ1) is 19.6. The Morgan fingerprint density at radius 3 is 2.39 bits per heavy atom. The van der Waals surface area contributed by atoms with E-state index in [1.807, 2.05) is 6.08 Å². The van der Waals surface area contributed by atoms with Crippen LogP contribution in [0.3, 0.4) is 0 Å². The zero-order chi connectivity index (χ0) is 29.4. The van der Waals surface area contributed by atoms with E-state index < -0.39 is 52.9 Å². The predicted molar refractivity (Wildman–Crippen MR) is 148 cm³/mol. The monoisotopic (exact) mass is 622 g/mol. The van der Waals surface area contributed by atoms with Crippen molar-refractivity contribution in [2.24, 2.45) is 29.1 Å². The minimum absolute atomic E-state index is 0.118. The standard InChI is InChI=1S/C30H27BrN2O8/c1-30-19(26(36)32(28(30)38)15-7-5-4-6-8-15)13-18-16(23(30)14-11-20(31)24(34)21(12-14)40-2)9-10-17-22(18)27(37)33(25(17)35)29(39)41-3/h4-9,11-12,17-19,22-23,34H,10,13H2,1-3H3. The van der Waals surface area contributed by atoms with Gasteiger partial charge >= 0.3 is 6.09 Å². The summed E-state index contributed by atoms with van der Waals surface area (Å²) < 4.78 is 10.5. The minimum Gasteiger partial charge on any atom is -0.503 e. The van der Waals surface area contributed by atoms with Gasteiger partial charge in [0.1, 0.15) is 0 Å². The molecule has 6 atom stereocenters. The Bertz CT molecular complexity index is 1550. The lowest BCUT2D eigenvalue weighted by Gasteiger charge is -2.49. The first kappa shape index (κ1) is 27.2. The van der Waals surface area contributed by atoms with Crippen molar-refractivity contribution in [3.8, 4) is 11.5 Å². The van der Waals surface area contributed by atoms with Crippen LogP contribution in [0.25, 0.3) is 0 Å². The molecule has 10 nitrogen and oxygen atoms in total. The number of carbonyl (C=O) groups is 5. The zero-order valence-corrected chi connectivity index (χ0v) is 24.1. The number of carbonyl (C=O) groups excluding carboxylic acids is 5. The average molecular weight is 623 g/mol. The third-order valence-electron chi connectivity index (χ3n) is 9.25. The first-order valence-electron chi connectivity index (χ1n) is 13.2. The molecule has 6 unspecified atom stereocenters. The van der Waals surface area contributed by atoms with Crippen molar-refractivity contribution in [1.82, 2.24) is 4.90 Å². The molecule has 2 aromatic carbocycles. The van der Waals surface area contributed by atoms with Gasteiger partial charge in [-0.1, -0.05) is 29.8 Å². The van der Waals surface area contributed by atoms with Crippen molar-refractivity contribution < 1.29 is 38.6 Å². The summed E-state index contributed by atoms with van der Waals surface area (Å²) >= 11 is 3.38. The molecule has 6 rings (SSSR count). The van der Waals surface area contributed by atoms with Gasteiger partial charge in [0.2, 0.25) is 23.6 Å². The van der Waals surface area contributed by atoms with Gasteiger partial charge in [0.25, 0.3) is 0 Å². The number of amides is 5. The molecule has 0 radical (unpaired) electrons. The number of likely N-dealkylation sites (tertiary alicyclic amines) is 1. The van der Waals surface area contributed by atoms with E-state index in [9.17, 15) is 29.1 Å². The Morgan fingerprint density at radius 2 is 1.73 bits per heavy atom. The number of allylic oxidation sites excluding steroid dienone is 2. The van der Waals surface area contributed by atoms with Gasteiger partial charge in [-0.25, -0.2) is 9.69 Å². The summed E-state index contributed by atoms with van der Waals surface area (Å²) in [5, 5.41) is 10.5. The quantitative estimate of drug-likeness (QED) is 0.399. The van der Waals surface area contributed by atoms with E-state index >= 15 is 0 Å². The fourth-order valence-corrected chi connectivity index (χ4v) is 7.87. The second kappa shape index (κ2) is 9.54. The summed E-state index contributed by atoms with van der Waals surface area (Å²) in [6.45, 7) is 1.77. The molecule has 41 heavy (non-hydrogen) atoms. The fourth-order valence-electron chi connectivity index (χ4n) is 7.41. The molecule has 2 saturated heterocycles. The van der Waals surface area contributed by atoms with Gasteiger partial charge < -0.3 is 14.6 Å². The number of anilines is 1. The fraction of sp³-hybridized carbons (Fsp3) is 0.367. The number of ether oxygens (including phenoxy) is 2. The van der Waals surface area contributed by atoms with Crippen LogP contribution in [0.2, 0.25) is 0 Å². The third kappa shape index (κ3) is 3.64. The Kier molecular flexibility index (Phi) is 6.33. The largest absolute Gasteiger partial charge is 0.503 e. The van der Waals surface area contributed by atoms with Gasteiger partial charge in [-0.15, -0.1) is 0 Å². The van der Waals surface area contributed by atoms with Gasteiger partial charge in [0.15, 0.2) is 11.5 Å². The molecule has 3 fully saturated rings. The summed E-state index contributed by atoms with van der Waals surface area (Å²) in [7, 11) is 2.52. The molecule has 212 valence electrons. The van der Waals surface area contributed by atoms with Crippen molar-refractivity contribution in [2.75, 3.05) is 19.1 Å². The molecule has 1 saturated carbocycles. The smallest absolute Gasteiger partial charge is 0.423 e. The summed E-state index contributed by atoms with van der Waals surface area (Å²) in [6, 6.07) is 12.0. The topological polar surface area (TPSA) is 131 Å². The van der Waals surface area contributed by atoms with Crippen molar-refractivity contribution in [1.29, 1.82) is 0 Å². The number of imide groups is 4. The summed E-state index contributed by atoms with van der Waals surface area (Å²) in [5.41, 5.74) is 0.539. The SMILES string of the molecule is COC(=O)N1C(=O)C2CC=C3C(CC4C(=O)N(c5ccccc5)C(=O)C4(C)C3c3cc(Br)c(O)c(OC)c3)C2C1=O. The van der Waals surface area contributed by atoms with Crippen molar-refractivity contribution >= 4 is 51.3 Å². The molecular weight excluding hydrogens is 596 g/mol. The highest BCUT2D eigenvalue weighted by atomic mass is 79.9. The van der Waals surface area contributed by atoms with Crippen LogP contribution in [0.15, 0.2) is 58.6 Å². The van der Waals surface area contributed by atoms with Crippen LogP contribution in [0.1, 0.15) is 31.2 Å². The van der Waals surface area contributed by atoms with E-state index in [1.54, 1.807) is 49.4 Å². The van der Waals surface area contributed by atoms with Crippen LogP contribution in [0, 0.1) is 29.1 Å². The lowest BCUT2D eigenvalue weighted by molar-refractivity contribution is -0.138. The molecule has 5 amide bonds. The number of phenols is 1. The molecule has 11 heteroatoms. The van der Waals surface area contributed by atoms with E-state index in [0.29, 0.717) is 20.6 Å². The summed E-state index contributed by atoms with van der Waals surface area (Å²) in [6.07, 6.45) is 1.17. The number of benzene rings is 2. The normalized spacial score (nSPS) is 30.5. The number of para-hydroxylation sites is 1. The highest BCUT2D eigenvalue weighted by molar-refractivity contribution is 9.10. The second-order valence-electron chi connectivity index (χ2n) is 11.0. The minimum atomic E-state index is -1.25. The van der Waals surface area contributed by atoms with Gasteiger partial charge in [0, 0.05) is 5.92 Å². The maximum Gasteiger partial charge on any atom is 0.423 e. The lowest BCUT2D eigenvalue weighted by Crippen LogP contribution is -2.49. The van der Waals surface area contributed by atoms with Crippen LogP contribution in [-0.4, -0.2) is 53.9 Å². The third-order valence-corrected chi connectivity index (χ3v) is 9.85. The van der Waals surface area contributed by atoms with Gasteiger partial charge in [0.05, 0.1) is 47.5 Å². The van der Waals surface area contributed by atoms with Crippen LogP contribution in [-0.2, 0) is 23.9 Å². The lowest BCUT2D eigenvalue weighted by atomic mass is 9.51. The summed E-state index contributed by atoms with van der Waals surface area (Å²) in [4.78, 5) is 69.4. The van der Waals surface area contributed by atoms with Gasteiger partial charge in [-0.3, -0.25) is 19.2 Å². The molecule has 1 N–H and O–H groups in total. The molecule has 2 aromatic rings. The summed E-state index contributed by atoms with van der Waals surface area (Å²) in [5.74, 6) is -5.77. The van der Waals surface area contributed by atoms with Crippen LogP contribution in [0.4, 0.5) is 10.5 Å². The zero-order valence-electron chi connectivity index (χ0n) is 22.5. The van der Waals surface area contributed by atoms with E-state index in [2.05, 4.69) is 15.9 Å². The molecule has 2 heterocycles. The molecule has 4 aliphatic rings. The second-order valence-corrected chi connectivity index (χ2v) is 11.9. The highest BCUT2D eigenvalue weighted by Crippen LogP contribution is 2.64. The highest BCUT2D eigenvalue weighted by Gasteiger charge is 2.68. The number of rotatable bonds is 3. The number of fused-ring (bicyclic) bond motifs is 4. The molecule has 0 spiro atoms. The van der Waals surface area contributed by atoms with Gasteiger partial charge in [-0.05, 0) is 71.4 Å². The number of hydrogen-bond donors (Lipinski definition) is 1. The van der Waals surface area contributed by atoms with Crippen LogP contribution < -0.4 is 9.64 Å². The Balaban J connectivity index is 1.55. The van der Waals surface area contributed by atoms with Crippen LogP contribution in [0.5, 0.6) is 11.5 Å². The number of hydrogen-bond acceptors (Lipinski definition) is 8. The number of phenolic OH excluding ortho intramolecular Hbond substituents is 1. The van der Waals surface area contributed by atoms with E-state index in [1.165, 1.54) is 12.0 Å². The van der Waals surface area contributed by atoms with E-state index in [-0.39, 0.29) is 36.2 Å². The van der Waals surface area contributed by atoms with E-state index in [4.69, 9.17) is 9.47 Å². The number of nitrogens with zero attached hydrogens (tertiary/aromatic N) is 2. The van der Waals surface area contributed by atoms with Gasteiger partial charge in [-0.2, -0.15) is 4.90 Å².